The Morgan fingerprint density at radius 3 is 2.81 bits per heavy atom. The Balaban J connectivity index is 1.67. The Hall–Kier alpha value is -0.610. The first kappa shape index (κ1) is 11.9. The highest BCUT2D eigenvalue weighted by molar-refractivity contribution is 5.76. The molecule has 1 N–H and O–H groups in total. The van der Waals surface area contributed by atoms with Crippen molar-refractivity contribution >= 4 is 5.91 Å². The molecule has 1 atom stereocenters. The van der Waals surface area contributed by atoms with Gasteiger partial charge in [-0.2, -0.15) is 0 Å². The number of nitrogens with one attached hydrogen (secondary N) is 1. The summed E-state index contributed by atoms with van der Waals surface area (Å²) >= 11 is 0. The fourth-order valence-electron chi connectivity index (χ4n) is 2.46. The summed E-state index contributed by atoms with van der Waals surface area (Å²) in [7, 11) is 1.89. The smallest absolute Gasteiger partial charge is 0.222 e. The van der Waals surface area contributed by atoms with Crippen LogP contribution in [0.2, 0.25) is 0 Å². The molecule has 4 nitrogen and oxygen atoms in total. The minimum absolute atomic E-state index is 0.282. The van der Waals surface area contributed by atoms with E-state index in [1.54, 1.807) is 0 Å². The molecule has 0 bridgehead atoms. The lowest BCUT2D eigenvalue weighted by molar-refractivity contribution is -0.132. The topological polar surface area (TPSA) is 41.6 Å². The van der Waals surface area contributed by atoms with E-state index in [1.165, 1.54) is 12.8 Å². The second-order valence-electron chi connectivity index (χ2n) is 4.97. The highest BCUT2D eigenvalue weighted by Crippen LogP contribution is 2.15. The van der Waals surface area contributed by atoms with Gasteiger partial charge in [0.05, 0.1) is 0 Å². The lowest BCUT2D eigenvalue weighted by atomic mass is 9.99. The monoisotopic (exact) mass is 226 g/mol. The van der Waals surface area contributed by atoms with Crippen molar-refractivity contribution in [1.29, 1.82) is 0 Å². The maximum Gasteiger partial charge on any atom is 0.222 e. The first-order valence-corrected chi connectivity index (χ1v) is 6.31. The third-order valence-corrected chi connectivity index (χ3v) is 3.66. The molecule has 1 amide bonds. The van der Waals surface area contributed by atoms with E-state index in [0.717, 1.165) is 38.6 Å². The molecule has 0 saturated carbocycles. The zero-order valence-corrected chi connectivity index (χ0v) is 10.1. The van der Waals surface area contributed by atoms with Crippen molar-refractivity contribution in [3.63, 3.8) is 0 Å². The first-order chi connectivity index (χ1) is 7.75. The molecule has 16 heavy (non-hydrogen) atoms. The van der Waals surface area contributed by atoms with Gasteiger partial charge in [-0.05, 0) is 31.7 Å². The lowest BCUT2D eigenvalue weighted by Crippen LogP contribution is -2.48. The van der Waals surface area contributed by atoms with E-state index in [2.05, 4.69) is 5.32 Å². The van der Waals surface area contributed by atoms with Crippen LogP contribution in [0, 0.1) is 5.92 Å². The van der Waals surface area contributed by atoms with Crippen molar-refractivity contribution in [2.24, 2.45) is 5.92 Å². The van der Waals surface area contributed by atoms with Crippen LogP contribution in [0.1, 0.15) is 25.7 Å². The molecule has 0 spiro atoms. The summed E-state index contributed by atoms with van der Waals surface area (Å²) in [5, 5.41) is 3.59. The Morgan fingerprint density at radius 1 is 1.38 bits per heavy atom. The molecule has 2 heterocycles. The molecule has 2 saturated heterocycles. The zero-order chi connectivity index (χ0) is 11.4. The van der Waals surface area contributed by atoms with E-state index in [-0.39, 0.29) is 5.91 Å². The summed E-state index contributed by atoms with van der Waals surface area (Å²) in [5.41, 5.74) is 0. The van der Waals surface area contributed by atoms with Gasteiger partial charge in [-0.3, -0.25) is 4.79 Å². The third kappa shape index (κ3) is 3.19. The number of hydrogen-bond donors (Lipinski definition) is 1. The van der Waals surface area contributed by atoms with Gasteiger partial charge in [0.1, 0.15) is 0 Å². The van der Waals surface area contributed by atoms with Crippen LogP contribution in [0.25, 0.3) is 0 Å². The van der Waals surface area contributed by atoms with Crippen LogP contribution in [0.5, 0.6) is 0 Å². The number of likely N-dealkylation sites (N-methyl/N-ethyl adjacent to an activating group) is 1. The van der Waals surface area contributed by atoms with Gasteiger partial charge in [-0.15, -0.1) is 0 Å². The molecule has 0 aromatic carbocycles. The number of carbonyl (C=O) groups is 1. The number of ether oxygens (including phenoxy) is 1. The predicted octanol–water partition coefficient (Wildman–Crippen LogP) is 0.623. The Morgan fingerprint density at radius 2 is 2.12 bits per heavy atom. The normalized spacial score (nSPS) is 28.4. The van der Waals surface area contributed by atoms with Gasteiger partial charge in [0.2, 0.25) is 5.91 Å². The number of carbonyl (C=O) groups excluding carboxylic acids is 1. The summed E-state index contributed by atoms with van der Waals surface area (Å²) in [6.45, 7) is 3.77. The van der Waals surface area contributed by atoms with Crippen LogP contribution < -0.4 is 5.32 Å². The van der Waals surface area contributed by atoms with Crippen molar-refractivity contribution in [3.8, 4) is 0 Å². The van der Waals surface area contributed by atoms with Crippen LogP contribution in [0.3, 0.4) is 0 Å². The summed E-state index contributed by atoms with van der Waals surface area (Å²) in [4.78, 5) is 13.2. The molecule has 92 valence electrons. The molecule has 0 aromatic heterocycles. The quantitative estimate of drug-likeness (QED) is 0.767. The fourth-order valence-corrected chi connectivity index (χ4v) is 2.46. The van der Waals surface area contributed by atoms with Gasteiger partial charge in [-0.25, -0.2) is 0 Å². The maximum absolute atomic E-state index is 11.3. The van der Waals surface area contributed by atoms with Crippen LogP contribution in [0.4, 0.5) is 0 Å². The Bertz CT molecular complexity index is 239. The third-order valence-electron chi connectivity index (χ3n) is 3.66. The minimum Gasteiger partial charge on any atom is -0.381 e. The molecule has 2 aliphatic rings. The highest BCUT2D eigenvalue weighted by atomic mass is 16.5. The van der Waals surface area contributed by atoms with E-state index >= 15 is 0 Å². The Labute approximate surface area is 97.3 Å². The summed E-state index contributed by atoms with van der Waals surface area (Å²) < 4.78 is 5.34. The van der Waals surface area contributed by atoms with Gasteiger partial charge < -0.3 is 15.0 Å². The van der Waals surface area contributed by atoms with E-state index in [1.807, 2.05) is 11.9 Å². The number of hydrogen-bond acceptors (Lipinski definition) is 3. The molecule has 2 aliphatic heterocycles. The van der Waals surface area contributed by atoms with Gasteiger partial charge in [0, 0.05) is 39.3 Å². The van der Waals surface area contributed by atoms with Crippen molar-refractivity contribution in [1.82, 2.24) is 10.2 Å². The summed E-state index contributed by atoms with van der Waals surface area (Å²) in [6, 6.07) is 0.491. The standard InChI is InChI=1S/C12H22N2O2/c1-14-9-11(2-3-12(14)15)13-8-10-4-6-16-7-5-10/h10-11,13H,2-9H2,1H3. The molecule has 2 rings (SSSR count). The molecular weight excluding hydrogens is 204 g/mol. The second kappa shape index (κ2) is 5.64. The number of likely N-dealkylation sites (tertiary alicyclic amines) is 1. The van der Waals surface area contributed by atoms with E-state index in [9.17, 15) is 4.79 Å². The molecule has 0 aliphatic carbocycles. The molecule has 2 fully saturated rings. The highest BCUT2D eigenvalue weighted by Gasteiger charge is 2.23. The molecule has 1 unspecified atom stereocenters. The summed E-state index contributed by atoms with van der Waals surface area (Å²) in [6.07, 6.45) is 4.04. The molecule has 0 radical (unpaired) electrons. The average molecular weight is 226 g/mol. The summed E-state index contributed by atoms with van der Waals surface area (Å²) in [5.74, 6) is 1.04. The minimum atomic E-state index is 0.282. The number of amides is 1. The van der Waals surface area contributed by atoms with Crippen LogP contribution >= 0.6 is 0 Å². The zero-order valence-electron chi connectivity index (χ0n) is 10.1. The van der Waals surface area contributed by atoms with Crippen molar-refractivity contribution in [3.05, 3.63) is 0 Å². The van der Waals surface area contributed by atoms with Crippen LogP contribution in [-0.4, -0.2) is 50.2 Å². The van der Waals surface area contributed by atoms with Gasteiger partial charge in [0.15, 0.2) is 0 Å². The predicted molar refractivity (Wildman–Crippen MR) is 62.2 cm³/mol. The van der Waals surface area contributed by atoms with Crippen molar-refractivity contribution < 1.29 is 9.53 Å². The van der Waals surface area contributed by atoms with Crippen LogP contribution in [-0.2, 0) is 9.53 Å². The Kier molecular flexibility index (Phi) is 4.18. The second-order valence-corrected chi connectivity index (χ2v) is 4.97. The number of piperidine rings is 1. The largest absolute Gasteiger partial charge is 0.381 e. The van der Waals surface area contributed by atoms with Gasteiger partial charge in [-0.1, -0.05) is 0 Å². The molecular formula is C12H22N2O2. The maximum atomic E-state index is 11.3. The lowest BCUT2D eigenvalue weighted by Gasteiger charge is -2.32. The van der Waals surface area contributed by atoms with Crippen molar-refractivity contribution in [2.45, 2.75) is 31.7 Å². The first-order valence-electron chi connectivity index (χ1n) is 6.31. The van der Waals surface area contributed by atoms with Gasteiger partial charge >= 0.3 is 0 Å². The van der Waals surface area contributed by atoms with Gasteiger partial charge in [0.25, 0.3) is 0 Å². The SMILES string of the molecule is CN1CC(NCC2CCOCC2)CCC1=O. The van der Waals surface area contributed by atoms with E-state index < -0.39 is 0 Å². The molecule has 0 aromatic rings. The average Bonchev–Trinajstić information content (AvgIpc) is 2.32. The van der Waals surface area contributed by atoms with Crippen LogP contribution in [0.15, 0.2) is 0 Å². The van der Waals surface area contributed by atoms with E-state index in [4.69, 9.17) is 4.74 Å². The molecule has 4 heteroatoms. The van der Waals surface area contributed by atoms with E-state index in [0.29, 0.717) is 12.5 Å². The number of rotatable bonds is 3. The van der Waals surface area contributed by atoms with Crippen molar-refractivity contribution in [2.75, 3.05) is 33.4 Å². The fraction of sp³-hybridized carbons (Fsp3) is 0.917. The number of nitrogens with zero attached hydrogens (tertiary/aromatic N) is 1.